The first-order chi connectivity index (χ1) is 21.3. The number of oxime groups is 1. The van der Waals surface area contributed by atoms with E-state index in [1.54, 1.807) is 0 Å². The highest BCUT2D eigenvalue weighted by Gasteiger charge is 2.55. The molecule has 0 radical (unpaired) electrons. The molecule has 1 saturated heterocycles. The van der Waals surface area contributed by atoms with E-state index in [9.17, 15) is 19.2 Å². The number of nitrogens with zero attached hydrogens (tertiary/aromatic N) is 3. The number of fused-ring (bicyclic) bond motifs is 1. The number of thiazole rings is 1. The lowest BCUT2D eigenvalue weighted by molar-refractivity contribution is -0.154. The Bertz CT molecular complexity index is 1570. The lowest BCUT2D eigenvalue weighted by atomic mass is 10.0. The van der Waals surface area contributed by atoms with Crippen molar-refractivity contribution in [1.82, 2.24) is 15.2 Å². The molecule has 1 fully saturated rings. The van der Waals surface area contributed by atoms with Crippen LogP contribution in [0.4, 0.5) is 5.13 Å². The summed E-state index contributed by atoms with van der Waals surface area (Å²) in [6.07, 6.45) is 1.13. The van der Waals surface area contributed by atoms with E-state index >= 15 is 0 Å². The van der Waals surface area contributed by atoms with Gasteiger partial charge in [-0.05, 0) is 17.4 Å². The van der Waals surface area contributed by atoms with Gasteiger partial charge in [-0.15, -0.1) is 34.9 Å². The number of anilines is 1. The minimum atomic E-state index is -0.973. The van der Waals surface area contributed by atoms with Crippen molar-refractivity contribution in [2.45, 2.75) is 17.5 Å². The van der Waals surface area contributed by atoms with E-state index in [1.807, 2.05) is 66.9 Å². The van der Waals surface area contributed by atoms with Gasteiger partial charge in [-0.1, -0.05) is 65.8 Å². The minimum Gasteiger partial charge on any atom is -0.466 e. The number of aromatic nitrogens is 1. The fraction of sp³-hybridized carbons (Fsp3) is 0.241. The van der Waals surface area contributed by atoms with Crippen LogP contribution < -0.4 is 11.1 Å². The van der Waals surface area contributed by atoms with Gasteiger partial charge in [-0.3, -0.25) is 14.5 Å². The van der Waals surface area contributed by atoms with Crippen LogP contribution in [-0.2, 0) is 33.5 Å². The fourth-order valence-electron chi connectivity index (χ4n) is 4.50. The Morgan fingerprint density at radius 2 is 1.80 bits per heavy atom. The minimum absolute atomic E-state index is 0.108. The van der Waals surface area contributed by atoms with Crippen LogP contribution in [0.1, 0.15) is 22.9 Å². The molecule has 228 valence electrons. The Balaban J connectivity index is 1.35. The number of nitrogens with two attached hydrogens (primary N) is 1. The van der Waals surface area contributed by atoms with Crippen molar-refractivity contribution >= 4 is 69.5 Å². The smallest absolute Gasteiger partial charge is 0.356 e. The number of benzene rings is 2. The van der Waals surface area contributed by atoms with Crippen molar-refractivity contribution in [3.63, 3.8) is 0 Å². The number of carbonyl (C=O) groups is 4. The first kappa shape index (κ1) is 31.1. The largest absolute Gasteiger partial charge is 0.466 e. The summed E-state index contributed by atoms with van der Waals surface area (Å²) >= 11 is 3.85. The van der Waals surface area contributed by atoms with E-state index in [-0.39, 0.29) is 22.2 Å². The standard InChI is InChI=1S/C29H27N5O7S3/c1-39-20(35)13-40-33-21(18-14-44-29(30)31-18)25(36)32-22-26(37)34-23(19(42-2)15-43-27(22)34)28(38)41-24(16-9-5-3-6-10-16)17-11-7-4-8-12-17/h3-12,14,22,24,27H,13,15H2,1-2H3,(H2,30,31)(H,32,36)/b33-21+/t22?,27-/m1/s1. The number of ether oxygens (including phenoxy) is 2. The van der Waals surface area contributed by atoms with Crippen LogP contribution in [0.15, 0.2) is 81.8 Å². The highest BCUT2D eigenvalue weighted by Crippen LogP contribution is 2.44. The number of amides is 2. The third kappa shape index (κ3) is 6.59. The van der Waals surface area contributed by atoms with E-state index < -0.39 is 47.9 Å². The number of hydrogen-bond acceptors (Lipinski definition) is 13. The molecule has 2 aliphatic heterocycles. The number of rotatable bonds is 11. The molecule has 2 aromatic carbocycles. The average Bonchev–Trinajstić information content (AvgIpc) is 3.49. The molecule has 2 atom stereocenters. The molecule has 3 N–H and O–H groups in total. The van der Waals surface area contributed by atoms with Crippen LogP contribution in [0, 0.1) is 0 Å². The third-order valence-electron chi connectivity index (χ3n) is 6.63. The Morgan fingerprint density at radius 1 is 1.14 bits per heavy atom. The monoisotopic (exact) mass is 653 g/mol. The Kier molecular flexibility index (Phi) is 9.87. The summed E-state index contributed by atoms with van der Waals surface area (Å²) in [6, 6.07) is 17.7. The second-order valence-electron chi connectivity index (χ2n) is 9.30. The molecule has 1 aromatic heterocycles. The zero-order valence-corrected chi connectivity index (χ0v) is 25.9. The highest BCUT2D eigenvalue weighted by molar-refractivity contribution is 8.05. The predicted octanol–water partition coefficient (Wildman–Crippen LogP) is 2.93. The van der Waals surface area contributed by atoms with E-state index in [1.165, 1.54) is 40.9 Å². The zero-order chi connectivity index (χ0) is 31.2. The predicted molar refractivity (Wildman–Crippen MR) is 167 cm³/mol. The Labute approximate surface area is 265 Å². The molecule has 1 unspecified atom stereocenters. The van der Waals surface area contributed by atoms with Crippen LogP contribution in [0.2, 0.25) is 0 Å². The normalized spacial score (nSPS) is 17.9. The number of β-lactam (4-membered cyclic amide) rings is 1. The second kappa shape index (κ2) is 14.0. The summed E-state index contributed by atoms with van der Waals surface area (Å²) in [7, 11) is 1.18. The maximum atomic E-state index is 13.8. The van der Waals surface area contributed by atoms with Crippen LogP contribution in [-0.4, -0.2) is 76.5 Å². The van der Waals surface area contributed by atoms with Gasteiger partial charge < -0.3 is 25.4 Å². The molecule has 3 aromatic rings. The van der Waals surface area contributed by atoms with Gasteiger partial charge in [0.1, 0.15) is 22.8 Å². The molecule has 15 heteroatoms. The van der Waals surface area contributed by atoms with Crippen LogP contribution in [0.25, 0.3) is 0 Å². The van der Waals surface area contributed by atoms with Crippen molar-refractivity contribution in [1.29, 1.82) is 0 Å². The maximum Gasteiger partial charge on any atom is 0.356 e. The number of thioether (sulfide) groups is 2. The van der Waals surface area contributed by atoms with Gasteiger partial charge in [0.15, 0.2) is 16.9 Å². The lowest BCUT2D eigenvalue weighted by Gasteiger charge is -2.49. The molecule has 0 spiro atoms. The summed E-state index contributed by atoms with van der Waals surface area (Å²) in [5.41, 5.74) is 7.28. The van der Waals surface area contributed by atoms with Crippen LogP contribution in [0.5, 0.6) is 0 Å². The Morgan fingerprint density at radius 3 is 2.36 bits per heavy atom. The zero-order valence-electron chi connectivity index (χ0n) is 23.5. The van der Waals surface area contributed by atoms with E-state index in [2.05, 4.69) is 20.2 Å². The molecule has 44 heavy (non-hydrogen) atoms. The van der Waals surface area contributed by atoms with E-state index in [0.717, 1.165) is 22.5 Å². The van der Waals surface area contributed by atoms with Crippen molar-refractivity contribution in [3.05, 3.63) is 93.5 Å². The Hall–Kier alpha value is -4.34. The molecule has 2 amide bonds. The van der Waals surface area contributed by atoms with Gasteiger partial charge in [0.25, 0.3) is 11.8 Å². The lowest BCUT2D eigenvalue weighted by Crippen LogP contribution is -2.71. The van der Waals surface area contributed by atoms with E-state index in [0.29, 0.717) is 10.7 Å². The highest BCUT2D eigenvalue weighted by atomic mass is 32.2. The van der Waals surface area contributed by atoms with Gasteiger partial charge in [0.05, 0.1) is 7.11 Å². The van der Waals surface area contributed by atoms with Gasteiger partial charge in [-0.2, -0.15) is 0 Å². The number of nitrogen functional groups attached to an aromatic ring is 1. The average molecular weight is 654 g/mol. The van der Waals surface area contributed by atoms with Gasteiger partial charge >= 0.3 is 11.9 Å². The van der Waals surface area contributed by atoms with Gasteiger partial charge in [-0.25, -0.2) is 14.6 Å². The summed E-state index contributed by atoms with van der Waals surface area (Å²) in [6.45, 7) is -0.539. The number of esters is 2. The third-order valence-corrected chi connectivity index (χ3v) is 9.60. The molecule has 5 rings (SSSR count). The number of hydrogen-bond donors (Lipinski definition) is 2. The van der Waals surface area contributed by atoms with Crippen LogP contribution >= 0.6 is 34.9 Å². The van der Waals surface area contributed by atoms with Gasteiger partial charge in [0, 0.05) is 16.0 Å². The summed E-state index contributed by atoms with van der Waals surface area (Å²) in [5, 5.41) is 7.55. The van der Waals surface area contributed by atoms with Crippen molar-refractivity contribution in [2.24, 2.45) is 5.16 Å². The first-order valence-corrected chi connectivity index (χ1v) is 16.3. The summed E-state index contributed by atoms with van der Waals surface area (Å²) < 4.78 is 10.6. The molecule has 0 aliphatic carbocycles. The first-order valence-electron chi connectivity index (χ1n) is 13.1. The quantitative estimate of drug-likeness (QED) is 0.135. The molecule has 12 nitrogen and oxygen atoms in total. The summed E-state index contributed by atoms with van der Waals surface area (Å²) in [4.78, 5) is 63.2. The van der Waals surface area contributed by atoms with Crippen molar-refractivity contribution < 1.29 is 33.5 Å². The maximum absolute atomic E-state index is 13.8. The molecule has 0 saturated carbocycles. The fourth-order valence-corrected chi connectivity index (χ4v) is 7.30. The van der Waals surface area contributed by atoms with E-state index in [4.69, 9.17) is 15.3 Å². The topological polar surface area (TPSA) is 163 Å². The number of methoxy groups -OCH3 is 1. The SMILES string of the molecule is COC(=O)CO/N=C(/C(=O)NC1C(=O)N2C(C(=O)OC(c3ccccc3)c3ccccc3)=C(SC)CS[C@H]12)c1csc(N)n1. The summed E-state index contributed by atoms with van der Waals surface area (Å²) in [5.74, 6) is -2.17. The molecule has 2 aliphatic rings. The molecular formula is C29H27N5O7S3. The molecular weight excluding hydrogens is 627 g/mol. The molecule has 0 bridgehead atoms. The molecule has 3 heterocycles. The van der Waals surface area contributed by atoms with Crippen molar-refractivity contribution in [2.75, 3.05) is 31.5 Å². The number of nitrogens with one attached hydrogen (secondary N) is 1. The second-order valence-corrected chi connectivity index (χ2v) is 12.2. The van der Waals surface area contributed by atoms with Crippen LogP contribution in [0.3, 0.4) is 0 Å². The van der Waals surface area contributed by atoms with Crippen molar-refractivity contribution in [3.8, 4) is 0 Å². The van der Waals surface area contributed by atoms with Gasteiger partial charge in [0.2, 0.25) is 6.61 Å². The number of carbonyl (C=O) groups excluding carboxylic acids is 4.